The van der Waals surface area contributed by atoms with E-state index in [1.807, 2.05) is 0 Å². The number of allylic oxidation sites excluding steroid dienone is 2. The first kappa shape index (κ1) is 15.7. The highest BCUT2D eigenvalue weighted by Crippen LogP contribution is 2.49. The van der Waals surface area contributed by atoms with E-state index in [0.717, 1.165) is 25.7 Å². The smallest absolute Gasteiger partial charge is 0.0490 e. The van der Waals surface area contributed by atoms with Crippen molar-refractivity contribution < 1.29 is 10.2 Å². The predicted octanol–water partition coefficient (Wildman–Crippen LogP) is 3.53. The van der Waals surface area contributed by atoms with Crippen LogP contribution in [0.1, 0.15) is 59.3 Å². The quantitative estimate of drug-likeness (QED) is 0.539. The predicted molar refractivity (Wildman–Crippen MR) is 76.4 cm³/mol. The van der Waals surface area contributed by atoms with Gasteiger partial charge in [-0.25, -0.2) is 0 Å². The fourth-order valence-electron chi connectivity index (χ4n) is 3.61. The first-order chi connectivity index (χ1) is 8.55. The number of hydrogen-bond donors (Lipinski definition) is 2. The Hall–Kier alpha value is -0.340. The summed E-state index contributed by atoms with van der Waals surface area (Å²) < 4.78 is 0. The molecule has 1 fully saturated rings. The van der Waals surface area contributed by atoms with Gasteiger partial charge in [-0.05, 0) is 63.2 Å². The van der Waals surface area contributed by atoms with E-state index >= 15 is 0 Å². The van der Waals surface area contributed by atoms with Crippen LogP contribution in [-0.4, -0.2) is 23.4 Å². The fraction of sp³-hybridized carbons (Fsp3) is 0.875. The Morgan fingerprint density at radius 3 is 2.67 bits per heavy atom. The number of unbranched alkanes of at least 4 members (excludes halogenated alkanes) is 1. The van der Waals surface area contributed by atoms with Crippen LogP contribution in [0.5, 0.6) is 0 Å². The summed E-state index contributed by atoms with van der Waals surface area (Å²) in [7, 11) is 0. The molecule has 106 valence electrons. The van der Waals surface area contributed by atoms with Gasteiger partial charge in [-0.3, -0.25) is 0 Å². The first-order valence-electron chi connectivity index (χ1n) is 7.41. The Morgan fingerprint density at radius 2 is 2.11 bits per heavy atom. The van der Waals surface area contributed by atoms with Gasteiger partial charge >= 0.3 is 0 Å². The lowest BCUT2D eigenvalue weighted by Gasteiger charge is -2.37. The molecular formula is C16H30O2. The maximum Gasteiger partial charge on any atom is 0.0490 e. The van der Waals surface area contributed by atoms with Crippen LogP contribution >= 0.6 is 0 Å². The van der Waals surface area contributed by atoms with Gasteiger partial charge in [0.1, 0.15) is 0 Å². The summed E-state index contributed by atoms with van der Waals surface area (Å²) in [6.07, 6.45) is 9.16. The molecule has 0 heterocycles. The van der Waals surface area contributed by atoms with Gasteiger partial charge < -0.3 is 10.2 Å². The van der Waals surface area contributed by atoms with Gasteiger partial charge in [0.25, 0.3) is 0 Å². The molecule has 3 atom stereocenters. The molecule has 0 bridgehead atoms. The van der Waals surface area contributed by atoms with E-state index in [4.69, 9.17) is 0 Å². The lowest BCUT2D eigenvalue weighted by atomic mass is 9.70. The Labute approximate surface area is 112 Å². The Kier molecular flexibility index (Phi) is 6.37. The SMILES string of the molecule is CC(C)=CCCC[C@]1(CO)CCC[C@H]1[C@H](C)CO. The van der Waals surface area contributed by atoms with Crippen molar-refractivity contribution >= 4 is 0 Å². The number of aliphatic hydroxyl groups is 2. The number of rotatable bonds is 7. The zero-order chi connectivity index (χ0) is 13.6. The third-order valence-corrected chi connectivity index (χ3v) is 4.70. The minimum atomic E-state index is 0.0810. The summed E-state index contributed by atoms with van der Waals surface area (Å²) in [5.74, 6) is 0.822. The molecule has 0 radical (unpaired) electrons. The van der Waals surface area contributed by atoms with E-state index in [2.05, 4.69) is 26.8 Å². The Balaban J connectivity index is 2.57. The van der Waals surface area contributed by atoms with Crippen LogP contribution in [0.15, 0.2) is 11.6 Å². The van der Waals surface area contributed by atoms with Gasteiger partial charge in [-0.15, -0.1) is 0 Å². The van der Waals surface area contributed by atoms with Gasteiger partial charge in [0, 0.05) is 13.2 Å². The van der Waals surface area contributed by atoms with Crippen molar-refractivity contribution in [2.45, 2.75) is 59.3 Å². The topological polar surface area (TPSA) is 40.5 Å². The zero-order valence-electron chi connectivity index (χ0n) is 12.3. The van der Waals surface area contributed by atoms with Gasteiger partial charge in [0.2, 0.25) is 0 Å². The van der Waals surface area contributed by atoms with Crippen molar-refractivity contribution in [3.05, 3.63) is 11.6 Å². The highest BCUT2D eigenvalue weighted by Gasteiger charge is 2.43. The van der Waals surface area contributed by atoms with Crippen LogP contribution in [0.25, 0.3) is 0 Å². The Bertz CT molecular complexity index is 268. The molecule has 0 spiro atoms. The second-order valence-corrected chi connectivity index (χ2v) is 6.35. The van der Waals surface area contributed by atoms with Crippen LogP contribution in [-0.2, 0) is 0 Å². The molecule has 0 amide bonds. The van der Waals surface area contributed by atoms with E-state index in [9.17, 15) is 10.2 Å². The molecule has 1 saturated carbocycles. The third-order valence-electron chi connectivity index (χ3n) is 4.70. The van der Waals surface area contributed by atoms with Crippen LogP contribution < -0.4 is 0 Å². The first-order valence-corrected chi connectivity index (χ1v) is 7.41. The Morgan fingerprint density at radius 1 is 1.39 bits per heavy atom. The summed E-state index contributed by atoms with van der Waals surface area (Å²) in [5, 5.41) is 19.2. The molecule has 0 aromatic heterocycles. The molecule has 1 rings (SSSR count). The van der Waals surface area contributed by atoms with Gasteiger partial charge in [-0.2, -0.15) is 0 Å². The van der Waals surface area contributed by atoms with Crippen molar-refractivity contribution in [2.75, 3.05) is 13.2 Å². The summed E-state index contributed by atoms with van der Waals surface area (Å²) >= 11 is 0. The second-order valence-electron chi connectivity index (χ2n) is 6.35. The molecule has 0 aromatic carbocycles. The van der Waals surface area contributed by atoms with Crippen molar-refractivity contribution in [2.24, 2.45) is 17.3 Å². The van der Waals surface area contributed by atoms with Gasteiger partial charge in [0.05, 0.1) is 0 Å². The number of hydrogen-bond acceptors (Lipinski definition) is 2. The second kappa shape index (κ2) is 7.30. The third kappa shape index (κ3) is 3.83. The molecule has 0 unspecified atom stereocenters. The summed E-state index contributed by atoms with van der Waals surface area (Å²) in [6, 6.07) is 0. The van der Waals surface area contributed by atoms with E-state index in [-0.39, 0.29) is 18.6 Å². The molecular weight excluding hydrogens is 224 g/mol. The fourth-order valence-corrected chi connectivity index (χ4v) is 3.61. The van der Waals surface area contributed by atoms with E-state index in [1.54, 1.807) is 0 Å². The minimum Gasteiger partial charge on any atom is -0.396 e. The maximum absolute atomic E-state index is 9.84. The monoisotopic (exact) mass is 254 g/mol. The maximum atomic E-state index is 9.84. The standard InChI is InChI=1S/C16H30O2/c1-13(2)7-4-5-9-16(12-18)10-6-8-15(16)14(3)11-17/h7,14-15,17-18H,4-6,8-12H2,1-3H3/t14-,15+,16-/m1/s1. The van der Waals surface area contributed by atoms with E-state index < -0.39 is 0 Å². The minimum absolute atomic E-state index is 0.0810. The molecule has 0 aromatic rings. The highest BCUT2D eigenvalue weighted by atomic mass is 16.3. The van der Waals surface area contributed by atoms with Crippen LogP contribution in [0.4, 0.5) is 0 Å². The molecule has 18 heavy (non-hydrogen) atoms. The lowest BCUT2D eigenvalue weighted by Crippen LogP contribution is -2.34. The van der Waals surface area contributed by atoms with Crippen LogP contribution in [0, 0.1) is 17.3 Å². The molecule has 0 aliphatic heterocycles. The van der Waals surface area contributed by atoms with Crippen molar-refractivity contribution in [1.82, 2.24) is 0 Å². The number of aliphatic hydroxyl groups excluding tert-OH is 2. The van der Waals surface area contributed by atoms with Crippen molar-refractivity contribution in [1.29, 1.82) is 0 Å². The average Bonchev–Trinajstić information content (AvgIpc) is 2.78. The van der Waals surface area contributed by atoms with Crippen LogP contribution in [0.2, 0.25) is 0 Å². The highest BCUT2D eigenvalue weighted by molar-refractivity contribution is 4.96. The molecule has 1 aliphatic rings. The summed E-state index contributed by atoms with van der Waals surface area (Å²) in [6.45, 7) is 6.93. The molecule has 2 N–H and O–H groups in total. The molecule has 2 heteroatoms. The molecule has 2 nitrogen and oxygen atoms in total. The van der Waals surface area contributed by atoms with Gasteiger partial charge in [0.15, 0.2) is 0 Å². The van der Waals surface area contributed by atoms with Crippen molar-refractivity contribution in [3.8, 4) is 0 Å². The van der Waals surface area contributed by atoms with Crippen LogP contribution in [0.3, 0.4) is 0 Å². The molecule has 0 saturated heterocycles. The van der Waals surface area contributed by atoms with E-state index in [1.165, 1.54) is 18.4 Å². The zero-order valence-corrected chi connectivity index (χ0v) is 12.3. The normalized spacial score (nSPS) is 29.3. The van der Waals surface area contributed by atoms with Crippen molar-refractivity contribution in [3.63, 3.8) is 0 Å². The largest absolute Gasteiger partial charge is 0.396 e. The van der Waals surface area contributed by atoms with Gasteiger partial charge in [-0.1, -0.05) is 25.0 Å². The summed E-state index contributed by atoms with van der Waals surface area (Å²) in [4.78, 5) is 0. The average molecular weight is 254 g/mol. The lowest BCUT2D eigenvalue weighted by molar-refractivity contribution is 0.0306. The molecule has 1 aliphatic carbocycles. The summed E-state index contributed by atoms with van der Waals surface area (Å²) in [5.41, 5.74) is 1.46. The van der Waals surface area contributed by atoms with E-state index in [0.29, 0.717) is 11.8 Å².